The van der Waals surface area contributed by atoms with Crippen LogP contribution in [0.1, 0.15) is 60.3 Å². The number of alkyl halides is 2. The van der Waals surface area contributed by atoms with Crippen molar-refractivity contribution in [2.24, 2.45) is 17.6 Å². The van der Waals surface area contributed by atoms with Gasteiger partial charge < -0.3 is 15.2 Å². The van der Waals surface area contributed by atoms with Crippen molar-refractivity contribution in [2.45, 2.75) is 70.2 Å². The van der Waals surface area contributed by atoms with Crippen molar-refractivity contribution >= 4 is 40.1 Å². The van der Waals surface area contributed by atoms with Crippen LogP contribution in [-0.4, -0.2) is 50.9 Å². The van der Waals surface area contributed by atoms with Crippen LogP contribution in [0.5, 0.6) is 5.75 Å². The summed E-state index contributed by atoms with van der Waals surface area (Å²) in [5.74, 6) is -1.62. The quantitative estimate of drug-likeness (QED) is 0.238. The second-order valence-electron chi connectivity index (χ2n) is 12.4. The minimum absolute atomic E-state index is 0.142. The van der Waals surface area contributed by atoms with Crippen LogP contribution in [0.15, 0.2) is 42.7 Å². The third kappa shape index (κ3) is 5.79. The van der Waals surface area contributed by atoms with Gasteiger partial charge >= 0.3 is 12.0 Å². The van der Waals surface area contributed by atoms with E-state index in [0.29, 0.717) is 63.4 Å². The van der Waals surface area contributed by atoms with Crippen molar-refractivity contribution in [1.82, 2.24) is 19.7 Å². The molecule has 13 heteroatoms. The topological polar surface area (TPSA) is 125 Å². The molecule has 0 radical (unpaired) electrons. The summed E-state index contributed by atoms with van der Waals surface area (Å²) in [5.41, 5.74) is 8.80. The number of primary amides is 1. The number of methoxy groups -OCH3 is 1. The Hall–Kier alpha value is -4.16. The fourth-order valence-electron chi connectivity index (χ4n) is 6.61. The van der Waals surface area contributed by atoms with Crippen LogP contribution in [0, 0.1) is 11.8 Å². The van der Waals surface area contributed by atoms with E-state index in [2.05, 4.69) is 10.1 Å². The van der Waals surface area contributed by atoms with Gasteiger partial charge in [0.1, 0.15) is 0 Å². The van der Waals surface area contributed by atoms with E-state index in [4.69, 9.17) is 31.8 Å². The summed E-state index contributed by atoms with van der Waals surface area (Å²) < 4.78 is 42.4. The molecule has 4 heterocycles. The lowest BCUT2D eigenvalue weighted by molar-refractivity contribution is -0.193. The molecule has 3 aliphatic rings. The van der Waals surface area contributed by atoms with Gasteiger partial charge in [-0.3, -0.25) is 19.5 Å². The van der Waals surface area contributed by atoms with Gasteiger partial charge in [-0.2, -0.15) is 13.9 Å². The van der Waals surface area contributed by atoms with E-state index >= 15 is 8.78 Å². The minimum Gasteiger partial charge on any atom is -0.423 e. The first-order valence-electron chi connectivity index (χ1n) is 15.5. The largest absolute Gasteiger partial charge is 0.482 e. The lowest BCUT2D eigenvalue weighted by Crippen LogP contribution is -2.50. The van der Waals surface area contributed by atoms with E-state index < -0.39 is 17.9 Å². The molecule has 2 N–H and O–H groups in total. The predicted octanol–water partition coefficient (Wildman–Crippen LogP) is 5.92. The molecule has 0 unspecified atom stereocenters. The Balaban J connectivity index is 1.32. The predicted molar refractivity (Wildman–Crippen MR) is 167 cm³/mol. The first kappa shape index (κ1) is 30.5. The average Bonchev–Trinajstić information content (AvgIpc) is 3.77. The Kier molecular flexibility index (Phi) is 7.88. The maximum Gasteiger partial charge on any atom is 0.482 e. The first-order chi connectivity index (χ1) is 22.1. The molecule has 0 bridgehead atoms. The summed E-state index contributed by atoms with van der Waals surface area (Å²) in [6.07, 6.45) is 5.77. The van der Waals surface area contributed by atoms with Crippen LogP contribution in [-0.2, 0) is 29.0 Å². The molecule has 2 aliphatic carbocycles. The zero-order chi connectivity index (χ0) is 32.2. The number of ether oxygens (including phenoxy) is 2. The highest BCUT2D eigenvalue weighted by Gasteiger charge is 2.50. The molecule has 46 heavy (non-hydrogen) atoms. The highest BCUT2D eigenvalue weighted by Crippen LogP contribution is 2.45. The summed E-state index contributed by atoms with van der Waals surface area (Å²) in [5, 5.41) is 5.65. The van der Waals surface area contributed by atoms with Gasteiger partial charge in [0, 0.05) is 30.8 Å². The van der Waals surface area contributed by atoms with Crippen molar-refractivity contribution in [1.29, 1.82) is 0 Å². The summed E-state index contributed by atoms with van der Waals surface area (Å²) in [4.78, 5) is 36.0. The molecule has 0 atom stereocenters. The van der Waals surface area contributed by atoms with E-state index in [9.17, 15) is 9.59 Å². The van der Waals surface area contributed by atoms with Gasteiger partial charge in [-0.15, -0.1) is 0 Å². The van der Waals surface area contributed by atoms with E-state index in [0.717, 1.165) is 43.4 Å². The summed E-state index contributed by atoms with van der Waals surface area (Å²) in [6.45, 7) is 0.429. The van der Waals surface area contributed by atoms with E-state index in [-0.39, 0.29) is 29.6 Å². The number of aromatic nitrogens is 4. The molecule has 240 valence electrons. The van der Waals surface area contributed by atoms with Crippen LogP contribution in [0.3, 0.4) is 0 Å². The van der Waals surface area contributed by atoms with Crippen LogP contribution >= 0.6 is 11.6 Å². The lowest BCUT2D eigenvalue weighted by atomic mass is 9.87. The fraction of sp³-hybridized carbons (Fsp3) is 0.424. The third-order valence-corrected chi connectivity index (χ3v) is 9.45. The standard InChI is InChI=1S/C33H33ClF2N6O4/c1-45-23-9-4-19(5-10-23)16-42-31-24(15-39-42)28(29(30(37)43)25(40-31)12-18-2-3-18)20-6-11-26-27(13-20)46-33(35,36)32(44)41(26)17-22-8-7-21(34)14-38-22/h6-8,11,13-15,18-19,23H,2-5,9-10,12,16-17H2,1H3,(H2,37,43). The molecule has 4 aromatic rings. The van der Waals surface area contributed by atoms with Gasteiger partial charge in [-0.05, 0) is 86.6 Å². The van der Waals surface area contributed by atoms with Crippen LogP contribution in [0.2, 0.25) is 5.02 Å². The van der Waals surface area contributed by atoms with Crippen LogP contribution in [0.4, 0.5) is 14.5 Å². The summed E-state index contributed by atoms with van der Waals surface area (Å²) >= 11 is 5.93. The molecule has 1 aliphatic heterocycles. The number of hydrogen-bond donors (Lipinski definition) is 1. The molecule has 2 amide bonds. The van der Waals surface area contributed by atoms with E-state index in [1.807, 2.05) is 4.68 Å². The zero-order valence-corrected chi connectivity index (χ0v) is 26.0. The van der Waals surface area contributed by atoms with Crippen molar-refractivity contribution in [3.05, 3.63) is 64.7 Å². The number of benzene rings is 1. The SMILES string of the molecule is COC1CCC(Cn2ncc3c(-c4ccc5c(c4)OC(F)(F)C(=O)N5Cc4ccc(Cl)cn4)c(C(N)=O)c(CC4CC4)nc32)CC1. The average molecular weight is 651 g/mol. The molecule has 2 saturated carbocycles. The smallest absolute Gasteiger partial charge is 0.423 e. The number of hydrogen-bond acceptors (Lipinski definition) is 7. The molecular weight excluding hydrogens is 618 g/mol. The van der Waals surface area contributed by atoms with Crippen molar-refractivity contribution in [3.63, 3.8) is 0 Å². The second kappa shape index (κ2) is 11.9. The molecule has 7 rings (SSSR count). The van der Waals surface area contributed by atoms with E-state index in [1.54, 1.807) is 31.5 Å². The number of amides is 2. The number of carbonyl (C=O) groups is 2. The maximum absolute atomic E-state index is 15.0. The monoisotopic (exact) mass is 650 g/mol. The zero-order valence-electron chi connectivity index (χ0n) is 25.2. The Morgan fingerprint density at radius 3 is 2.54 bits per heavy atom. The Morgan fingerprint density at radius 1 is 1.11 bits per heavy atom. The van der Waals surface area contributed by atoms with Crippen LogP contribution in [0.25, 0.3) is 22.2 Å². The second-order valence-corrected chi connectivity index (χ2v) is 12.9. The lowest BCUT2D eigenvalue weighted by Gasteiger charge is -2.33. The summed E-state index contributed by atoms with van der Waals surface area (Å²) in [7, 11) is 1.74. The molecule has 0 saturated heterocycles. The minimum atomic E-state index is -4.12. The number of fused-ring (bicyclic) bond motifs is 2. The molecule has 0 spiro atoms. The van der Waals surface area contributed by atoms with Crippen molar-refractivity contribution in [3.8, 4) is 16.9 Å². The number of carbonyl (C=O) groups excluding carboxylic acids is 2. The number of rotatable bonds is 9. The first-order valence-corrected chi connectivity index (χ1v) is 15.8. The molecule has 2 fully saturated rings. The normalized spacial score (nSPS) is 20.9. The highest BCUT2D eigenvalue weighted by atomic mass is 35.5. The summed E-state index contributed by atoms with van der Waals surface area (Å²) in [6, 6.07) is 7.76. The van der Waals surface area contributed by atoms with Crippen molar-refractivity contribution in [2.75, 3.05) is 12.0 Å². The number of nitrogens with zero attached hydrogens (tertiary/aromatic N) is 5. The Bertz CT molecular complexity index is 1820. The maximum atomic E-state index is 15.0. The van der Waals surface area contributed by atoms with E-state index in [1.165, 1.54) is 18.3 Å². The molecule has 10 nitrogen and oxygen atoms in total. The van der Waals surface area contributed by atoms with Gasteiger partial charge in [0.15, 0.2) is 11.4 Å². The Morgan fingerprint density at radius 2 is 1.87 bits per heavy atom. The van der Waals surface area contributed by atoms with Crippen LogP contribution < -0.4 is 15.4 Å². The molecule has 1 aromatic carbocycles. The number of halogens is 3. The van der Waals surface area contributed by atoms with Gasteiger partial charge in [-0.1, -0.05) is 17.7 Å². The molecule has 3 aromatic heterocycles. The third-order valence-electron chi connectivity index (χ3n) is 9.22. The van der Waals surface area contributed by atoms with Gasteiger partial charge in [0.05, 0.1) is 46.5 Å². The highest BCUT2D eigenvalue weighted by molar-refractivity contribution is 6.30. The number of pyridine rings is 2. The number of anilines is 1. The van der Waals surface area contributed by atoms with Crippen molar-refractivity contribution < 1.29 is 27.8 Å². The number of nitrogens with two attached hydrogens (primary N) is 1. The van der Waals surface area contributed by atoms with Gasteiger partial charge in [-0.25, -0.2) is 9.67 Å². The fourth-order valence-corrected chi connectivity index (χ4v) is 6.73. The van der Waals surface area contributed by atoms with Gasteiger partial charge in [0.2, 0.25) is 0 Å². The molecular formula is C33H33ClF2N6O4. The Labute approximate surface area is 268 Å². The van der Waals surface area contributed by atoms with Gasteiger partial charge in [0.25, 0.3) is 5.91 Å².